The van der Waals surface area contributed by atoms with E-state index in [1.807, 2.05) is 36.1 Å². The Morgan fingerprint density at radius 2 is 1.92 bits per heavy atom. The second kappa shape index (κ2) is 6.44. The molecular weight excluding hydrogens is 328 g/mol. The van der Waals surface area contributed by atoms with Gasteiger partial charge in [-0.15, -0.1) is 0 Å². The van der Waals surface area contributed by atoms with Crippen LogP contribution in [0.4, 0.5) is 0 Å². The van der Waals surface area contributed by atoms with Gasteiger partial charge in [-0.2, -0.15) is 5.10 Å². The van der Waals surface area contributed by atoms with Crippen LogP contribution in [0, 0.1) is 6.92 Å². The minimum atomic E-state index is -0.215. The molecule has 0 saturated carbocycles. The Morgan fingerprint density at radius 1 is 1.15 bits per heavy atom. The third-order valence-electron chi connectivity index (χ3n) is 5.21. The fourth-order valence-electron chi connectivity index (χ4n) is 3.92. The van der Waals surface area contributed by atoms with Crippen molar-refractivity contribution < 1.29 is 4.79 Å². The maximum Gasteiger partial charge on any atom is 0.275 e. The van der Waals surface area contributed by atoms with Crippen LogP contribution in [0.2, 0.25) is 0 Å². The van der Waals surface area contributed by atoms with Gasteiger partial charge in [0.2, 0.25) is 5.91 Å². The molecule has 0 aliphatic carbocycles. The van der Waals surface area contributed by atoms with Crippen molar-refractivity contribution >= 4 is 16.7 Å². The first-order chi connectivity index (χ1) is 12.6. The number of fused-ring (bicyclic) bond motifs is 2. The summed E-state index contributed by atoms with van der Waals surface area (Å²) in [5, 5.41) is 5.81. The number of benzene rings is 1. The van der Waals surface area contributed by atoms with Crippen molar-refractivity contribution in [2.45, 2.75) is 39.4 Å². The minimum Gasteiger partial charge on any atom is -0.348 e. The van der Waals surface area contributed by atoms with Crippen LogP contribution in [-0.2, 0) is 17.9 Å². The van der Waals surface area contributed by atoms with Gasteiger partial charge in [0.25, 0.3) is 5.56 Å². The lowest BCUT2D eigenvalue weighted by molar-refractivity contribution is -0.135. The van der Waals surface area contributed by atoms with E-state index < -0.39 is 0 Å². The topological polar surface area (TPSA) is 60.1 Å². The summed E-state index contributed by atoms with van der Waals surface area (Å²) in [6.07, 6.45) is 2.90. The Labute approximate surface area is 151 Å². The molecule has 1 aliphatic rings. The Balaban J connectivity index is 1.66. The highest BCUT2D eigenvalue weighted by atomic mass is 16.2. The Kier molecular flexibility index (Phi) is 4.11. The molecule has 0 radical (unpaired) electrons. The van der Waals surface area contributed by atoms with E-state index >= 15 is 0 Å². The molecule has 0 N–H and O–H groups in total. The van der Waals surface area contributed by atoms with Crippen molar-refractivity contribution in [2.24, 2.45) is 0 Å². The van der Waals surface area contributed by atoms with Gasteiger partial charge >= 0.3 is 0 Å². The van der Waals surface area contributed by atoms with Crippen LogP contribution in [0.1, 0.15) is 30.8 Å². The van der Waals surface area contributed by atoms with E-state index in [2.05, 4.69) is 28.9 Å². The molecule has 1 atom stereocenters. The van der Waals surface area contributed by atoms with Crippen LogP contribution < -0.4 is 5.56 Å². The fraction of sp³-hybridized carbons (Fsp3) is 0.350. The molecule has 3 aromatic rings. The normalized spacial score (nSPS) is 16.7. The molecule has 1 aliphatic heterocycles. The SMILES string of the molecule is CC[C@H]1c2cccn2CCN1C(=O)Cn1nc(C)c2ccccc2c1=O. The summed E-state index contributed by atoms with van der Waals surface area (Å²) in [5.74, 6) is -0.0615. The summed E-state index contributed by atoms with van der Waals surface area (Å²) in [5.41, 5.74) is 1.70. The van der Waals surface area contributed by atoms with E-state index in [1.54, 1.807) is 6.07 Å². The van der Waals surface area contributed by atoms with E-state index in [-0.39, 0.29) is 24.1 Å². The van der Waals surface area contributed by atoms with Crippen LogP contribution in [0.3, 0.4) is 0 Å². The van der Waals surface area contributed by atoms with Crippen molar-refractivity contribution in [2.75, 3.05) is 6.54 Å². The number of rotatable bonds is 3. The largest absolute Gasteiger partial charge is 0.348 e. The molecule has 0 spiro atoms. The van der Waals surface area contributed by atoms with Gasteiger partial charge in [0.15, 0.2) is 0 Å². The Morgan fingerprint density at radius 3 is 2.69 bits per heavy atom. The number of aryl methyl sites for hydroxylation is 1. The molecule has 6 heteroatoms. The smallest absolute Gasteiger partial charge is 0.275 e. The average molecular weight is 350 g/mol. The van der Waals surface area contributed by atoms with Crippen LogP contribution in [0.15, 0.2) is 47.4 Å². The summed E-state index contributed by atoms with van der Waals surface area (Å²) in [4.78, 5) is 27.6. The predicted molar refractivity (Wildman–Crippen MR) is 99.9 cm³/mol. The van der Waals surface area contributed by atoms with Crippen molar-refractivity contribution in [1.29, 1.82) is 0 Å². The van der Waals surface area contributed by atoms with E-state index in [0.717, 1.165) is 29.7 Å². The highest BCUT2D eigenvalue weighted by Gasteiger charge is 2.29. The standard InChI is InChI=1S/C20H22N4O2/c1-3-17-18-9-6-10-22(18)11-12-23(17)19(25)13-24-20(26)16-8-5-4-7-15(16)14(2)21-24/h4-10,17H,3,11-13H2,1-2H3/t17-/m0/s1. The summed E-state index contributed by atoms with van der Waals surface area (Å²) in [6, 6.07) is 11.5. The zero-order chi connectivity index (χ0) is 18.3. The summed E-state index contributed by atoms with van der Waals surface area (Å²) < 4.78 is 3.50. The number of amides is 1. The van der Waals surface area contributed by atoms with Crippen LogP contribution in [0.25, 0.3) is 10.8 Å². The highest BCUT2D eigenvalue weighted by Crippen LogP contribution is 2.28. The van der Waals surface area contributed by atoms with Crippen molar-refractivity contribution in [3.8, 4) is 0 Å². The quantitative estimate of drug-likeness (QED) is 0.729. The number of hydrogen-bond donors (Lipinski definition) is 0. The lowest BCUT2D eigenvalue weighted by atomic mass is 10.1. The lowest BCUT2D eigenvalue weighted by Gasteiger charge is -2.36. The number of aromatic nitrogens is 3. The monoisotopic (exact) mass is 350 g/mol. The van der Waals surface area contributed by atoms with Gasteiger partial charge in [0.1, 0.15) is 6.54 Å². The molecule has 134 valence electrons. The second-order valence-electron chi connectivity index (χ2n) is 6.73. The molecule has 0 fully saturated rings. The maximum atomic E-state index is 13.0. The van der Waals surface area contributed by atoms with Crippen LogP contribution in [-0.4, -0.2) is 31.7 Å². The molecule has 1 amide bonds. The number of nitrogens with zero attached hydrogens (tertiary/aromatic N) is 4. The molecule has 0 bridgehead atoms. The Hall–Kier alpha value is -2.89. The molecular formula is C20H22N4O2. The first-order valence-corrected chi connectivity index (χ1v) is 9.01. The zero-order valence-electron chi connectivity index (χ0n) is 15.1. The maximum absolute atomic E-state index is 13.0. The Bertz CT molecular complexity index is 1030. The first kappa shape index (κ1) is 16.6. The van der Waals surface area contributed by atoms with Crippen molar-refractivity contribution in [3.05, 3.63) is 64.3 Å². The average Bonchev–Trinajstić information content (AvgIpc) is 3.13. The molecule has 4 rings (SSSR count). The zero-order valence-corrected chi connectivity index (χ0v) is 15.1. The third kappa shape index (κ3) is 2.62. The van der Waals surface area contributed by atoms with Crippen molar-refractivity contribution in [1.82, 2.24) is 19.2 Å². The first-order valence-electron chi connectivity index (χ1n) is 9.01. The van der Waals surface area contributed by atoms with Crippen LogP contribution in [0.5, 0.6) is 0 Å². The van der Waals surface area contributed by atoms with Gasteiger partial charge in [-0.3, -0.25) is 9.59 Å². The molecule has 1 aromatic carbocycles. The van der Waals surface area contributed by atoms with Crippen molar-refractivity contribution in [3.63, 3.8) is 0 Å². The summed E-state index contributed by atoms with van der Waals surface area (Å²) >= 11 is 0. The van der Waals surface area contributed by atoms with Gasteiger partial charge in [0.05, 0.1) is 17.1 Å². The second-order valence-corrected chi connectivity index (χ2v) is 6.73. The molecule has 26 heavy (non-hydrogen) atoms. The molecule has 6 nitrogen and oxygen atoms in total. The van der Waals surface area contributed by atoms with Gasteiger partial charge in [-0.05, 0) is 31.5 Å². The van der Waals surface area contributed by atoms with Gasteiger partial charge in [-0.1, -0.05) is 25.1 Å². The third-order valence-corrected chi connectivity index (χ3v) is 5.21. The number of hydrogen-bond acceptors (Lipinski definition) is 3. The van der Waals surface area contributed by atoms with E-state index in [9.17, 15) is 9.59 Å². The van der Waals surface area contributed by atoms with Gasteiger partial charge in [0, 0.05) is 30.4 Å². The number of carbonyl (C=O) groups is 1. The van der Waals surface area contributed by atoms with E-state index in [1.165, 1.54) is 4.68 Å². The van der Waals surface area contributed by atoms with Gasteiger partial charge < -0.3 is 9.47 Å². The summed E-state index contributed by atoms with van der Waals surface area (Å²) in [7, 11) is 0. The highest BCUT2D eigenvalue weighted by molar-refractivity contribution is 5.83. The summed E-state index contributed by atoms with van der Waals surface area (Å²) in [6.45, 7) is 5.36. The molecule has 0 saturated heterocycles. The lowest BCUT2D eigenvalue weighted by Crippen LogP contribution is -2.44. The molecule has 3 heterocycles. The predicted octanol–water partition coefficient (Wildman–Crippen LogP) is 2.50. The molecule has 0 unspecified atom stereocenters. The van der Waals surface area contributed by atoms with E-state index in [0.29, 0.717) is 11.9 Å². The fourth-order valence-corrected chi connectivity index (χ4v) is 3.92. The number of carbonyl (C=O) groups excluding carboxylic acids is 1. The van der Waals surface area contributed by atoms with Gasteiger partial charge in [-0.25, -0.2) is 4.68 Å². The minimum absolute atomic E-state index is 0.0261. The van der Waals surface area contributed by atoms with E-state index in [4.69, 9.17) is 0 Å². The van der Waals surface area contributed by atoms with Crippen LogP contribution >= 0.6 is 0 Å². The molecule has 2 aromatic heterocycles.